The Morgan fingerprint density at radius 1 is 0.906 bits per heavy atom. The molecule has 0 saturated carbocycles. The summed E-state index contributed by atoms with van der Waals surface area (Å²) in [5.74, 6) is 0.0626. The molecule has 0 aliphatic carbocycles. The van der Waals surface area contributed by atoms with Crippen LogP contribution in [-0.2, 0) is 9.84 Å². The number of anilines is 1. The Morgan fingerprint density at radius 3 is 2.16 bits per heavy atom. The number of nitrogen functional groups attached to an aromatic ring is 1. The highest BCUT2D eigenvalue weighted by Gasteiger charge is 2.30. The van der Waals surface area contributed by atoms with Crippen LogP contribution in [0.15, 0.2) is 82.6 Å². The van der Waals surface area contributed by atoms with Crippen LogP contribution in [0, 0.1) is 5.82 Å². The first kappa shape index (κ1) is 20.0. The Bertz CT molecular complexity index is 1580. The molecule has 5 aromatic rings. The second-order valence-corrected chi connectivity index (χ2v) is 8.98. The number of hydrogen-bond acceptors (Lipinski definition) is 6. The van der Waals surface area contributed by atoms with Gasteiger partial charge in [-0.2, -0.15) is 0 Å². The van der Waals surface area contributed by atoms with Crippen LogP contribution >= 0.6 is 0 Å². The fraction of sp³-hybridized carbons (Fsp3) is 0.0435. The number of halogens is 1. The molecular weight excluding hydrogens is 431 g/mol. The molecule has 0 aliphatic heterocycles. The zero-order valence-corrected chi connectivity index (χ0v) is 17.7. The quantitative estimate of drug-likeness (QED) is 0.415. The highest BCUT2D eigenvalue weighted by atomic mass is 32.2. The van der Waals surface area contributed by atoms with E-state index in [0.717, 1.165) is 12.1 Å². The van der Waals surface area contributed by atoms with Crippen LogP contribution in [-0.4, -0.2) is 30.1 Å². The molecular formula is C23H17FN4O3S. The number of rotatable bonds is 4. The van der Waals surface area contributed by atoms with Crippen molar-refractivity contribution >= 4 is 37.9 Å². The van der Waals surface area contributed by atoms with Crippen LogP contribution in [0.5, 0.6) is 5.75 Å². The van der Waals surface area contributed by atoms with Crippen LogP contribution in [0.2, 0.25) is 0 Å². The van der Waals surface area contributed by atoms with Crippen molar-refractivity contribution in [2.24, 2.45) is 0 Å². The van der Waals surface area contributed by atoms with Crippen LogP contribution in [0.1, 0.15) is 0 Å². The summed E-state index contributed by atoms with van der Waals surface area (Å²) in [7, 11) is -2.57. The van der Waals surface area contributed by atoms with Gasteiger partial charge in [0.25, 0.3) is 0 Å². The summed E-state index contributed by atoms with van der Waals surface area (Å²) in [6.45, 7) is 0. The Balaban J connectivity index is 1.87. The summed E-state index contributed by atoms with van der Waals surface area (Å²) < 4.78 is 47.3. The van der Waals surface area contributed by atoms with Crippen molar-refractivity contribution < 1.29 is 17.5 Å². The number of benzene rings is 3. The van der Waals surface area contributed by atoms with E-state index in [4.69, 9.17) is 10.5 Å². The summed E-state index contributed by atoms with van der Waals surface area (Å²) in [6, 6.07) is 18.7. The number of para-hydroxylation sites is 2. The highest BCUT2D eigenvalue weighted by molar-refractivity contribution is 7.92. The molecule has 3 aromatic carbocycles. The maximum Gasteiger partial charge on any atom is 0.212 e. The number of ether oxygens (including phenoxy) is 1. The lowest BCUT2D eigenvalue weighted by atomic mass is 10.3. The van der Waals surface area contributed by atoms with Gasteiger partial charge in [0.2, 0.25) is 9.84 Å². The first-order valence-electron chi connectivity index (χ1n) is 9.62. The number of fused-ring (bicyclic) bond motifs is 2. The predicted octanol–water partition coefficient (Wildman–Crippen LogP) is 4.14. The average Bonchev–Trinajstić information content (AvgIpc) is 3.09. The van der Waals surface area contributed by atoms with E-state index in [1.165, 1.54) is 12.1 Å². The fourth-order valence-electron chi connectivity index (χ4n) is 3.63. The first-order chi connectivity index (χ1) is 15.4. The summed E-state index contributed by atoms with van der Waals surface area (Å²) in [5, 5.41) is 0. The zero-order valence-electron chi connectivity index (χ0n) is 16.9. The number of nitrogens with zero attached hydrogens (tertiary/aromatic N) is 3. The maximum absolute atomic E-state index is 13.6. The maximum atomic E-state index is 13.6. The van der Waals surface area contributed by atoms with E-state index in [0.29, 0.717) is 28.1 Å². The normalized spacial score (nSPS) is 11.8. The van der Waals surface area contributed by atoms with Crippen molar-refractivity contribution in [3.63, 3.8) is 0 Å². The van der Waals surface area contributed by atoms with Crippen molar-refractivity contribution in [2.75, 3.05) is 12.8 Å². The Kier molecular flexibility index (Phi) is 4.56. The molecule has 2 heterocycles. The van der Waals surface area contributed by atoms with Gasteiger partial charge in [-0.15, -0.1) is 0 Å². The van der Waals surface area contributed by atoms with Crippen LogP contribution in [0.4, 0.5) is 10.2 Å². The third kappa shape index (κ3) is 3.05. The van der Waals surface area contributed by atoms with Gasteiger partial charge in [-0.05, 0) is 60.7 Å². The standard InChI is InChI=1S/C23H17FN4O3S/c1-31-16-10-8-15(9-11-16)28-22(25)21(32(29,30)17-12-6-14(24)7-13-17)20-23(28)27-19-5-3-2-4-18(19)26-20/h2-13H,25H2,1H3. The molecule has 32 heavy (non-hydrogen) atoms. The first-order valence-corrected chi connectivity index (χ1v) is 11.1. The lowest BCUT2D eigenvalue weighted by Gasteiger charge is -2.09. The van der Waals surface area contributed by atoms with Crippen molar-refractivity contribution in [1.29, 1.82) is 0 Å². The van der Waals surface area contributed by atoms with E-state index in [9.17, 15) is 12.8 Å². The molecule has 0 unspecified atom stereocenters. The van der Waals surface area contributed by atoms with E-state index < -0.39 is 15.7 Å². The molecule has 160 valence electrons. The molecule has 2 N–H and O–H groups in total. The number of hydrogen-bond donors (Lipinski definition) is 1. The summed E-state index contributed by atoms with van der Waals surface area (Å²) in [6.07, 6.45) is 0. The molecule has 9 heteroatoms. The van der Waals surface area contributed by atoms with Gasteiger partial charge in [0.05, 0.1) is 23.0 Å². The second kappa shape index (κ2) is 7.31. The van der Waals surface area contributed by atoms with E-state index in [-0.39, 0.29) is 21.1 Å². The minimum atomic E-state index is -4.12. The van der Waals surface area contributed by atoms with Gasteiger partial charge < -0.3 is 10.5 Å². The largest absolute Gasteiger partial charge is 0.497 e. The van der Waals surface area contributed by atoms with Crippen LogP contribution in [0.25, 0.3) is 27.9 Å². The topological polar surface area (TPSA) is 100 Å². The zero-order chi connectivity index (χ0) is 22.5. The summed E-state index contributed by atoms with van der Waals surface area (Å²) in [4.78, 5) is 8.99. The minimum absolute atomic E-state index is 0.0372. The second-order valence-electron chi connectivity index (χ2n) is 7.09. The molecule has 2 aromatic heterocycles. The van der Waals surface area contributed by atoms with Crippen molar-refractivity contribution in [3.05, 3.63) is 78.6 Å². The van der Waals surface area contributed by atoms with Crippen molar-refractivity contribution in [2.45, 2.75) is 9.79 Å². The Morgan fingerprint density at radius 2 is 1.53 bits per heavy atom. The van der Waals surface area contributed by atoms with Gasteiger partial charge in [-0.25, -0.2) is 22.8 Å². The number of nitrogens with two attached hydrogens (primary N) is 1. The molecule has 0 spiro atoms. The van der Waals surface area contributed by atoms with E-state index in [2.05, 4.69) is 9.97 Å². The van der Waals surface area contributed by atoms with E-state index in [1.807, 2.05) is 6.07 Å². The molecule has 0 fully saturated rings. The third-order valence-electron chi connectivity index (χ3n) is 5.18. The minimum Gasteiger partial charge on any atom is -0.497 e. The molecule has 0 aliphatic rings. The number of aromatic nitrogens is 3. The lowest BCUT2D eigenvalue weighted by Crippen LogP contribution is -2.07. The SMILES string of the molecule is COc1ccc(-n2c(N)c(S(=O)(=O)c3ccc(F)cc3)c3nc4ccccc4nc32)cc1. The van der Waals surface area contributed by atoms with Gasteiger partial charge in [0, 0.05) is 5.69 Å². The molecule has 0 saturated heterocycles. The van der Waals surface area contributed by atoms with Gasteiger partial charge in [-0.1, -0.05) is 12.1 Å². The summed E-state index contributed by atoms with van der Waals surface area (Å²) in [5.41, 5.74) is 8.59. The van der Waals surface area contributed by atoms with Gasteiger partial charge in [0.1, 0.15) is 27.8 Å². The third-order valence-corrected chi connectivity index (χ3v) is 7.01. The molecule has 0 atom stereocenters. The van der Waals surface area contributed by atoms with Crippen molar-refractivity contribution in [1.82, 2.24) is 14.5 Å². The lowest BCUT2D eigenvalue weighted by molar-refractivity contribution is 0.415. The molecule has 0 amide bonds. The summed E-state index contributed by atoms with van der Waals surface area (Å²) >= 11 is 0. The number of sulfone groups is 1. The molecule has 5 rings (SSSR count). The average molecular weight is 448 g/mol. The van der Waals surface area contributed by atoms with Crippen LogP contribution in [0.3, 0.4) is 0 Å². The number of methoxy groups -OCH3 is 1. The Labute approximate surface area is 182 Å². The van der Waals surface area contributed by atoms with Crippen molar-refractivity contribution in [3.8, 4) is 11.4 Å². The van der Waals surface area contributed by atoms with Crippen LogP contribution < -0.4 is 10.5 Å². The van der Waals surface area contributed by atoms with Gasteiger partial charge in [-0.3, -0.25) is 4.57 Å². The van der Waals surface area contributed by atoms with Gasteiger partial charge in [0.15, 0.2) is 5.65 Å². The Hall–Kier alpha value is -3.98. The molecule has 0 bridgehead atoms. The monoisotopic (exact) mass is 448 g/mol. The van der Waals surface area contributed by atoms with E-state index >= 15 is 0 Å². The van der Waals surface area contributed by atoms with E-state index in [1.54, 1.807) is 54.1 Å². The highest BCUT2D eigenvalue weighted by Crippen LogP contribution is 2.37. The predicted molar refractivity (Wildman–Crippen MR) is 119 cm³/mol. The molecule has 0 radical (unpaired) electrons. The smallest absolute Gasteiger partial charge is 0.212 e. The van der Waals surface area contributed by atoms with Gasteiger partial charge >= 0.3 is 0 Å². The molecule has 7 nitrogen and oxygen atoms in total. The fourth-order valence-corrected chi connectivity index (χ4v) is 5.11.